The summed E-state index contributed by atoms with van der Waals surface area (Å²) in [5, 5.41) is 57.1. The highest BCUT2D eigenvalue weighted by molar-refractivity contribution is 6.28. The lowest BCUT2D eigenvalue weighted by molar-refractivity contribution is 1.18. The first-order valence-corrected chi connectivity index (χ1v) is 49.0. The zero-order valence-corrected chi connectivity index (χ0v) is 79.7. The standard InChI is InChI=1S/3C34H21N3.C33H20N4/c35-20-23-17-26(22-36-21-23)25-15-16-30-32(18-25)37(27-11-5-2-6-12-27)33-19-31(24-9-3-1-4-10-24)28-13-7-8-14-29(28)34(30)33;35-22-23-17-18-36-31(19-23)25-15-16-29-32(20-25)37(26-11-5-2-6-12-26)33-21-30(24-9-3-1-4-10-24)27-13-7-8-14-28(27)34(29)33;35-22-26-19-25(17-18-36-26)24-15-16-30-32(20-24)37(27-11-5-2-6-12-27)33-21-31(23-9-3-1-4-10-23)28-13-7-8-14-29(28)34(30)33;34-21-25-19-24(17-18-35-25)30-12-6-11-29(36-30)23-13-15-28-32(20-23)37(26-8-2-1-3-9-26)31-16-14-22-7-4-5-10-27(22)33(28)31/h1-19,21-22H;2*1-21H;1-20H. The van der Waals surface area contributed by atoms with Crippen molar-refractivity contribution in [3.8, 4) is 136 Å². The van der Waals surface area contributed by atoms with Crippen LogP contribution in [0.4, 0.5) is 0 Å². The Morgan fingerprint density at radius 1 is 0.182 bits per heavy atom. The monoisotopic (exact) mass is 1890 g/mol. The molecule has 28 aromatic rings. The topological polar surface area (TPSA) is 179 Å². The van der Waals surface area contributed by atoms with Gasteiger partial charge in [-0.25, -0.2) is 15.0 Å². The quantitative estimate of drug-likeness (QED) is 0.115. The fourth-order valence-corrected chi connectivity index (χ4v) is 21.5. The second kappa shape index (κ2) is 38.3. The molecule has 0 atom stereocenters. The Labute approximate surface area is 851 Å². The molecule has 28 rings (SSSR count). The third kappa shape index (κ3) is 16.1. The summed E-state index contributed by atoms with van der Waals surface area (Å²) in [6.45, 7) is 0. The fourth-order valence-electron chi connectivity index (χ4n) is 21.5. The van der Waals surface area contributed by atoms with Gasteiger partial charge in [0, 0.05) is 119 Å². The van der Waals surface area contributed by atoms with E-state index < -0.39 is 0 Å². The number of pyridine rings is 5. The molecule has 9 aromatic heterocycles. The Hall–Kier alpha value is -20.9. The first-order valence-electron chi connectivity index (χ1n) is 49.0. The molecule has 0 saturated carbocycles. The van der Waals surface area contributed by atoms with Crippen molar-refractivity contribution < 1.29 is 0 Å². The minimum atomic E-state index is 0.380. The maximum atomic E-state index is 9.41. The molecule has 0 aliphatic heterocycles. The van der Waals surface area contributed by atoms with Crippen LogP contribution < -0.4 is 0 Å². The summed E-state index contributed by atoms with van der Waals surface area (Å²) in [4.78, 5) is 22.1. The number of nitrogens with zero attached hydrogens (tertiary/aromatic N) is 13. The van der Waals surface area contributed by atoms with Crippen LogP contribution in [0.3, 0.4) is 0 Å². The van der Waals surface area contributed by atoms with Crippen LogP contribution in [0.2, 0.25) is 0 Å². The van der Waals surface area contributed by atoms with E-state index in [9.17, 15) is 21.0 Å². The SMILES string of the molecule is N#Cc1cc(-c2ccc3c4c5ccccc5c(-c5ccccc5)cc4n(-c4ccccc4)c3c2)ccn1.N#Cc1cc(-c2cccc(-c3ccc4c5c6ccccc6ccc5n(-c5ccccc5)c4c3)n2)ccn1.N#Cc1ccnc(-c2ccc3c4c5ccccc5c(-c5ccccc5)cc4n(-c4ccccc4)c3c2)c1.N#Cc1cncc(-c2ccc3c4c5ccccc5c(-c5ccccc5)cc4n(-c4ccccc4)c3c2)c1. The predicted molar refractivity (Wildman–Crippen MR) is 604 cm³/mol. The van der Waals surface area contributed by atoms with Crippen molar-refractivity contribution in [3.05, 3.63) is 527 Å². The Morgan fingerprint density at radius 2 is 0.514 bits per heavy atom. The van der Waals surface area contributed by atoms with Crippen LogP contribution in [0, 0.1) is 45.3 Å². The molecule has 0 N–H and O–H groups in total. The van der Waals surface area contributed by atoms with Crippen LogP contribution in [0.5, 0.6) is 0 Å². The van der Waals surface area contributed by atoms with Crippen molar-refractivity contribution in [2.24, 2.45) is 0 Å². The molecule has 0 spiro atoms. The van der Waals surface area contributed by atoms with Crippen LogP contribution in [0.25, 0.3) is 242 Å². The number of para-hydroxylation sites is 4. The van der Waals surface area contributed by atoms with Crippen LogP contribution in [-0.2, 0) is 0 Å². The molecule has 0 unspecified atom stereocenters. The predicted octanol–water partition coefficient (Wildman–Crippen LogP) is 33.5. The average molecular weight is 1890 g/mol. The van der Waals surface area contributed by atoms with Crippen LogP contribution >= 0.6 is 0 Å². The van der Waals surface area contributed by atoms with Crippen molar-refractivity contribution in [2.45, 2.75) is 0 Å². The zero-order valence-electron chi connectivity index (χ0n) is 79.7. The average Bonchev–Trinajstić information content (AvgIpc) is 1.58. The first kappa shape index (κ1) is 88.5. The van der Waals surface area contributed by atoms with E-state index in [1.165, 1.54) is 136 Å². The van der Waals surface area contributed by atoms with Crippen LogP contribution in [-0.4, -0.2) is 43.2 Å². The third-order valence-corrected chi connectivity index (χ3v) is 28.1. The first-order chi connectivity index (χ1) is 73.2. The van der Waals surface area contributed by atoms with E-state index in [0.29, 0.717) is 22.5 Å². The second-order valence-electron chi connectivity index (χ2n) is 36.6. The summed E-state index contributed by atoms with van der Waals surface area (Å²) >= 11 is 0. The minimum absolute atomic E-state index is 0.380. The van der Waals surface area contributed by atoms with E-state index in [1.54, 1.807) is 36.9 Å². The molecule has 0 radical (unpaired) electrons. The summed E-state index contributed by atoms with van der Waals surface area (Å²) in [6.07, 6.45) is 8.46. The van der Waals surface area contributed by atoms with Gasteiger partial charge < -0.3 is 18.3 Å². The molecule has 0 amide bonds. The summed E-state index contributed by atoms with van der Waals surface area (Å²) in [5.74, 6) is 0. The van der Waals surface area contributed by atoms with Crippen molar-refractivity contribution in [3.63, 3.8) is 0 Å². The van der Waals surface area contributed by atoms with Gasteiger partial charge in [-0.1, -0.05) is 322 Å². The molecule has 13 nitrogen and oxygen atoms in total. The van der Waals surface area contributed by atoms with E-state index >= 15 is 0 Å². The number of aromatic nitrogens is 9. The molecule has 0 bridgehead atoms. The van der Waals surface area contributed by atoms with Crippen LogP contribution in [0.15, 0.2) is 504 Å². The lowest BCUT2D eigenvalue weighted by Crippen LogP contribution is -1.94. The highest BCUT2D eigenvalue weighted by Crippen LogP contribution is 2.49. The summed E-state index contributed by atoms with van der Waals surface area (Å²) in [7, 11) is 0. The van der Waals surface area contributed by atoms with Gasteiger partial charge >= 0.3 is 0 Å². The Kier molecular flexibility index (Phi) is 22.9. The van der Waals surface area contributed by atoms with E-state index in [4.69, 9.17) is 4.98 Å². The maximum Gasteiger partial charge on any atom is 0.141 e. The van der Waals surface area contributed by atoms with Crippen LogP contribution in [0.1, 0.15) is 22.5 Å². The van der Waals surface area contributed by atoms with Crippen molar-refractivity contribution in [2.75, 3.05) is 0 Å². The summed E-state index contributed by atoms with van der Waals surface area (Å²) < 4.78 is 9.40. The molecule has 148 heavy (non-hydrogen) atoms. The highest BCUT2D eigenvalue weighted by atomic mass is 15.0. The van der Waals surface area contributed by atoms with Gasteiger partial charge in [0.25, 0.3) is 0 Å². The van der Waals surface area contributed by atoms with E-state index in [-0.39, 0.29) is 0 Å². The second-order valence-corrected chi connectivity index (χ2v) is 36.6. The van der Waals surface area contributed by atoms with Gasteiger partial charge in [-0.15, -0.1) is 0 Å². The molecule has 9 heterocycles. The number of fused-ring (bicyclic) bond motifs is 20. The largest absolute Gasteiger partial charge is 0.309 e. The Balaban J connectivity index is 0.000000103. The molecule has 13 heteroatoms. The van der Waals surface area contributed by atoms with Crippen molar-refractivity contribution in [1.82, 2.24) is 43.2 Å². The lowest BCUT2D eigenvalue weighted by atomic mass is 9.94. The van der Waals surface area contributed by atoms with Gasteiger partial charge in [-0.05, 0) is 245 Å². The van der Waals surface area contributed by atoms with Gasteiger partial charge in [-0.3, -0.25) is 9.97 Å². The van der Waals surface area contributed by atoms with Gasteiger partial charge in [0.1, 0.15) is 29.6 Å². The normalized spacial score (nSPS) is 11.2. The van der Waals surface area contributed by atoms with Crippen molar-refractivity contribution >= 4 is 130 Å². The smallest absolute Gasteiger partial charge is 0.141 e. The molecule has 0 aliphatic carbocycles. The van der Waals surface area contributed by atoms with E-state index in [2.05, 4.69) is 451 Å². The third-order valence-electron chi connectivity index (χ3n) is 28.1. The molecule has 688 valence electrons. The number of nitriles is 4. The van der Waals surface area contributed by atoms with Gasteiger partial charge in [-0.2, -0.15) is 21.0 Å². The molecule has 0 aliphatic rings. The number of rotatable bonds is 12. The lowest BCUT2D eigenvalue weighted by Gasteiger charge is -2.12. The molecular formula is C135H83N13. The molecule has 0 saturated heterocycles. The minimum Gasteiger partial charge on any atom is -0.309 e. The maximum absolute atomic E-state index is 9.41. The van der Waals surface area contributed by atoms with Gasteiger partial charge in [0.15, 0.2) is 0 Å². The van der Waals surface area contributed by atoms with E-state index in [1.807, 2.05) is 79.0 Å². The fraction of sp³-hybridized carbons (Fsp3) is 0. The number of hydrogen-bond acceptors (Lipinski definition) is 9. The van der Waals surface area contributed by atoms with Gasteiger partial charge in [0.2, 0.25) is 0 Å². The molecule has 0 fully saturated rings. The summed E-state index contributed by atoms with van der Waals surface area (Å²) in [5.41, 5.74) is 32.2. The zero-order chi connectivity index (χ0) is 99.1. The molecule has 19 aromatic carbocycles. The van der Waals surface area contributed by atoms with E-state index in [0.717, 1.165) is 106 Å². The van der Waals surface area contributed by atoms with Gasteiger partial charge in [0.05, 0.1) is 78.4 Å². The number of benzene rings is 19. The Bertz CT molecular complexity index is 9580. The highest BCUT2D eigenvalue weighted by Gasteiger charge is 2.26. The number of hydrogen-bond donors (Lipinski definition) is 0. The van der Waals surface area contributed by atoms with Crippen molar-refractivity contribution in [1.29, 1.82) is 21.0 Å². The molecular weight excluding hydrogens is 1800 g/mol. The summed E-state index contributed by atoms with van der Waals surface area (Å²) in [6, 6.07) is 174. The Morgan fingerprint density at radius 3 is 0.939 bits per heavy atom.